The minimum Gasteiger partial charge on any atom is -0.274 e. The van der Waals surface area contributed by atoms with Crippen LogP contribution in [0.15, 0.2) is 35.2 Å². The number of sulfonamides is 1. The normalized spacial score (nSPS) is 32.0. The Bertz CT molecular complexity index is 844. The maximum atomic E-state index is 12.8. The highest BCUT2D eigenvalue weighted by Gasteiger charge is 2.59. The summed E-state index contributed by atoms with van der Waals surface area (Å²) < 4.78 is 23.1. The number of anilines is 1. The highest BCUT2D eigenvalue weighted by Crippen LogP contribution is 2.53. The van der Waals surface area contributed by atoms with Crippen molar-refractivity contribution in [1.29, 1.82) is 0 Å². The van der Waals surface area contributed by atoms with Gasteiger partial charge in [0, 0.05) is 0 Å². The second-order valence-corrected chi connectivity index (χ2v) is 8.07. The minimum absolute atomic E-state index is 0.100. The lowest BCUT2D eigenvalue weighted by molar-refractivity contribution is -0.123. The molecule has 1 aliphatic heterocycles. The fraction of sp³-hybridized carbons (Fsp3) is 0.375. The van der Waals surface area contributed by atoms with Gasteiger partial charge < -0.3 is 0 Å². The van der Waals surface area contributed by atoms with Crippen LogP contribution in [0.5, 0.6) is 0 Å². The van der Waals surface area contributed by atoms with Gasteiger partial charge in [0.2, 0.25) is 21.8 Å². The van der Waals surface area contributed by atoms with Crippen molar-refractivity contribution in [1.82, 2.24) is 0 Å². The molecule has 3 aliphatic rings. The van der Waals surface area contributed by atoms with E-state index in [-0.39, 0.29) is 40.4 Å². The zero-order valence-corrected chi connectivity index (χ0v) is 13.3. The number of amides is 2. The van der Waals surface area contributed by atoms with Crippen molar-refractivity contribution in [2.24, 2.45) is 28.8 Å². The molecule has 1 saturated carbocycles. The summed E-state index contributed by atoms with van der Waals surface area (Å²) in [5.74, 6) is -0.843. The number of fused-ring (bicyclic) bond motifs is 5. The van der Waals surface area contributed by atoms with Gasteiger partial charge in [0.25, 0.3) is 0 Å². The molecule has 0 spiro atoms. The summed E-state index contributed by atoms with van der Waals surface area (Å²) in [6.07, 6.45) is 4.90. The van der Waals surface area contributed by atoms with Gasteiger partial charge in [-0.25, -0.2) is 18.5 Å². The molecule has 120 valence electrons. The zero-order chi connectivity index (χ0) is 16.5. The highest BCUT2D eigenvalue weighted by atomic mass is 32.2. The molecule has 7 heteroatoms. The van der Waals surface area contributed by atoms with Gasteiger partial charge in [-0.2, -0.15) is 0 Å². The van der Waals surface area contributed by atoms with Gasteiger partial charge >= 0.3 is 0 Å². The Morgan fingerprint density at radius 1 is 1.09 bits per heavy atom. The first-order chi connectivity index (χ1) is 10.8. The first-order valence-corrected chi connectivity index (χ1v) is 9.03. The van der Waals surface area contributed by atoms with Gasteiger partial charge in [-0.3, -0.25) is 9.59 Å². The summed E-state index contributed by atoms with van der Waals surface area (Å²) in [7, 11) is -3.90. The van der Waals surface area contributed by atoms with E-state index in [9.17, 15) is 18.0 Å². The summed E-state index contributed by atoms with van der Waals surface area (Å²) in [4.78, 5) is 26.6. The second-order valence-electron chi connectivity index (χ2n) is 6.51. The van der Waals surface area contributed by atoms with Crippen molar-refractivity contribution >= 4 is 27.5 Å². The molecule has 4 atom stereocenters. The summed E-state index contributed by atoms with van der Waals surface area (Å²) in [5.41, 5.74) is 0.986. The topological polar surface area (TPSA) is 97.5 Å². The monoisotopic (exact) mass is 332 g/mol. The van der Waals surface area contributed by atoms with E-state index in [4.69, 9.17) is 5.14 Å². The Kier molecular flexibility index (Phi) is 2.87. The zero-order valence-electron chi connectivity index (χ0n) is 12.5. The molecule has 2 bridgehead atoms. The third-order valence-electron chi connectivity index (χ3n) is 5.22. The van der Waals surface area contributed by atoms with E-state index in [1.807, 2.05) is 12.2 Å². The first-order valence-electron chi connectivity index (χ1n) is 7.48. The van der Waals surface area contributed by atoms with Gasteiger partial charge in [0.05, 0.1) is 22.4 Å². The van der Waals surface area contributed by atoms with E-state index in [0.29, 0.717) is 11.3 Å². The predicted octanol–water partition coefficient (Wildman–Crippen LogP) is 0.954. The average molecular weight is 332 g/mol. The summed E-state index contributed by atoms with van der Waals surface area (Å²) in [5, 5.41) is 5.16. The molecule has 1 saturated heterocycles. The van der Waals surface area contributed by atoms with Gasteiger partial charge in [-0.15, -0.1) is 0 Å². The number of benzene rings is 1. The molecule has 4 rings (SSSR count). The Hall–Kier alpha value is -1.99. The maximum absolute atomic E-state index is 12.8. The molecule has 23 heavy (non-hydrogen) atoms. The van der Waals surface area contributed by atoms with E-state index < -0.39 is 10.0 Å². The number of hydrogen-bond acceptors (Lipinski definition) is 4. The number of nitrogens with two attached hydrogens (primary N) is 1. The number of aryl methyl sites for hydroxylation is 1. The standard InChI is InChI=1S/C16H16N2O4S/c1-8-2-5-11(23(17,21)22)7-12(8)18-15(19)13-9-3-4-10(6-9)14(13)16(18)20/h2-5,7,9-10,13-14H,6H2,1H3,(H2,17,21,22). The van der Waals surface area contributed by atoms with E-state index in [2.05, 4.69) is 0 Å². The lowest BCUT2D eigenvalue weighted by atomic mass is 9.85. The lowest BCUT2D eigenvalue weighted by Gasteiger charge is -2.20. The van der Waals surface area contributed by atoms with Crippen LogP contribution in [0.2, 0.25) is 0 Å². The van der Waals surface area contributed by atoms with Crippen molar-refractivity contribution in [2.45, 2.75) is 18.2 Å². The van der Waals surface area contributed by atoms with Crippen LogP contribution in [0.1, 0.15) is 12.0 Å². The van der Waals surface area contributed by atoms with Crippen molar-refractivity contribution in [2.75, 3.05) is 4.90 Å². The number of rotatable bonds is 2. The fourth-order valence-corrected chi connectivity index (χ4v) is 4.68. The van der Waals surface area contributed by atoms with Crippen LogP contribution < -0.4 is 10.0 Å². The molecular formula is C16H16N2O4S. The highest BCUT2D eigenvalue weighted by molar-refractivity contribution is 7.89. The smallest absolute Gasteiger partial charge is 0.238 e. The Morgan fingerprint density at radius 3 is 2.17 bits per heavy atom. The Morgan fingerprint density at radius 2 is 1.65 bits per heavy atom. The summed E-state index contributed by atoms with van der Waals surface area (Å²) in [6, 6.07) is 4.26. The van der Waals surface area contributed by atoms with Crippen LogP contribution >= 0.6 is 0 Å². The maximum Gasteiger partial charge on any atom is 0.238 e. The number of allylic oxidation sites excluding steroid dienone is 2. The lowest BCUT2D eigenvalue weighted by Crippen LogP contribution is -2.33. The molecule has 6 nitrogen and oxygen atoms in total. The molecule has 4 unspecified atom stereocenters. The van der Waals surface area contributed by atoms with Crippen LogP contribution in [0.4, 0.5) is 5.69 Å². The van der Waals surface area contributed by atoms with Crippen LogP contribution in [-0.4, -0.2) is 20.2 Å². The molecule has 1 heterocycles. The third kappa shape index (κ3) is 1.93. The van der Waals surface area contributed by atoms with Gasteiger partial charge in [0.1, 0.15) is 0 Å². The predicted molar refractivity (Wildman–Crippen MR) is 82.8 cm³/mol. The molecule has 2 fully saturated rings. The van der Waals surface area contributed by atoms with Crippen LogP contribution in [0.25, 0.3) is 0 Å². The van der Waals surface area contributed by atoms with Crippen molar-refractivity contribution in [3.63, 3.8) is 0 Å². The third-order valence-corrected chi connectivity index (χ3v) is 6.13. The van der Waals surface area contributed by atoms with Crippen molar-refractivity contribution in [3.05, 3.63) is 35.9 Å². The molecule has 1 aromatic carbocycles. The molecule has 2 amide bonds. The molecule has 1 aromatic rings. The second kappa shape index (κ2) is 4.52. The van der Waals surface area contributed by atoms with Crippen molar-refractivity contribution < 1.29 is 18.0 Å². The quantitative estimate of drug-likeness (QED) is 0.644. The Balaban J connectivity index is 1.81. The number of carbonyl (C=O) groups excluding carboxylic acids is 2. The van der Waals surface area contributed by atoms with Crippen LogP contribution in [-0.2, 0) is 19.6 Å². The van der Waals surface area contributed by atoms with Crippen LogP contribution in [0, 0.1) is 30.6 Å². The average Bonchev–Trinajstić information content (AvgIpc) is 3.13. The van der Waals surface area contributed by atoms with Crippen molar-refractivity contribution in [3.8, 4) is 0 Å². The number of carbonyl (C=O) groups is 2. The molecular weight excluding hydrogens is 316 g/mol. The van der Waals surface area contributed by atoms with E-state index in [0.717, 1.165) is 11.3 Å². The molecule has 0 aromatic heterocycles. The number of nitrogens with zero attached hydrogens (tertiary/aromatic N) is 1. The van der Waals surface area contributed by atoms with Gasteiger partial charge in [-0.1, -0.05) is 18.2 Å². The van der Waals surface area contributed by atoms with Gasteiger partial charge in [-0.05, 0) is 42.9 Å². The SMILES string of the molecule is Cc1ccc(S(N)(=O)=O)cc1N1C(=O)C2C3C=CC(C3)C2C1=O. The van der Waals surface area contributed by atoms with E-state index in [1.54, 1.807) is 13.0 Å². The fourth-order valence-electron chi connectivity index (χ4n) is 4.15. The van der Waals surface area contributed by atoms with E-state index in [1.165, 1.54) is 12.1 Å². The first kappa shape index (κ1) is 14.6. The molecule has 2 aliphatic carbocycles. The number of hydrogen-bond donors (Lipinski definition) is 1. The molecule has 2 N–H and O–H groups in total. The summed E-state index contributed by atoms with van der Waals surface area (Å²) >= 11 is 0. The Labute approximate surface area is 134 Å². The number of primary sulfonamides is 1. The minimum atomic E-state index is -3.90. The van der Waals surface area contributed by atoms with E-state index >= 15 is 0 Å². The number of imide groups is 1. The van der Waals surface area contributed by atoms with Crippen LogP contribution in [0.3, 0.4) is 0 Å². The summed E-state index contributed by atoms with van der Waals surface area (Å²) in [6.45, 7) is 1.74. The molecule has 0 radical (unpaired) electrons. The van der Waals surface area contributed by atoms with Gasteiger partial charge in [0.15, 0.2) is 0 Å². The largest absolute Gasteiger partial charge is 0.274 e.